The van der Waals surface area contributed by atoms with Crippen LogP contribution < -0.4 is 4.72 Å². The molecule has 0 saturated heterocycles. The Labute approximate surface area is 104 Å². The summed E-state index contributed by atoms with van der Waals surface area (Å²) in [5.74, 6) is 1.22. The van der Waals surface area contributed by atoms with Gasteiger partial charge in [-0.1, -0.05) is 0 Å². The number of anilines is 1. The Bertz CT molecular complexity index is 631. The van der Waals surface area contributed by atoms with Crippen LogP contribution in [0.3, 0.4) is 0 Å². The number of furan rings is 1. The van der Waals surface area contributed by atoms with Crippen molar-refractivity contribution in [3.63, 3.8) is 0 Å². The van der Waals surface area contributed by atoms with E-state index in [1.165, 1.54) is 30.8 Å². The number of nitrogens with zero attached hydrogens (tertiary/aromatic N) is 2. The van der Waals surface area contributed by atoms with Crippen molar-refractivity contribution in [2.24, 2.45) is 0 Å². The Morgan fingerprint density at radius 2 is 2.00 bits per heavy atom. The molecule has 0 atom stereocenters. The van der Waals surface area contributed by atoms with Crippen LogP contribution in [0, 0.1) is 0 Å². The van der Waals surface area contributed by atoms with Gasteiger partial charge in [0.2, 0.25) is 5.09 Å². The topological polar surface area (TPSA) is 85.1 Å². The van der Waals surface area contributed by atoms with Gasteiger partial charge in [0.05, 0.1) is 24.3 Å². The number of sulfonamides is 1. The van der Waals surface area contributed by atoms with Crippen molar-refractivity contribution in [1.82, 2.24) is 9.97 Å². The summed E-state index contributed by atoms with van der Waals surface area (Å²) in [4.78, 5) is 8.28. The molecular weight excluding hydrogens is 254 g/mol. The van der Waals surface area contributed by atoms with Crippen LogP contribution in [-0.2, 0) is 10.0 Å². The maximum atomic E-state index is 11.8. The highest BCUT2D eigenvalue weighted by Crippen LogP contribution is 2.37. The van der Waals surface area contributed by atoms with E-state index in [0.717, 1.165) is 18.7 Å². The van der Waals surface area contributed by atoms with Crippen molar-refractivity contribution < 1.29 is 12.8 Å². The van der Waals surface area contributed by atoms with Crippen molar-refractivity contribution in [1.29, 1.82) is 0 Å². The largest absolute Gasteiger partial charge is 0.451 e. The van der Waals surface area contributed by atoms with E-state index >= 15 is 0 Å². The molecule has 1 saturated carbocycles. The lowest BCUT2D eigenvalue weighted by Crippen LogP contribution is -2.12. The highest BCUT2D eigenvalue weighted by molar-refractivity contribution is 7.92. The van der Waals surface area contributed by atoms with Gasteiger partial charge in [-0.25, -0.2) is 9.97 Å². The molecule has 2 aromatic heterocycles. The third-order valence-electron chi connectivity index (χ3n) is 2.63. The first-order chi connectivity index (χ1) is 8.65. The number of hydrogen-bond acceptors (Lipinski definition) is 5. The normalized spacial score (nSPS) is 15.6. The van der Waals surface area contributed by atoms with Crippen molar-refractivity contribution in [3.8, 4) is 0 Å². The smallest absolute Gasteiger partial charge is 0.295 e. The van der Waals surface area contributed by atoms with Crippen LogP contribution in [0.1, 0.15) is 24.6 Å². The zero-order chi connectivity index (χ0) is 12.6. The number of aromatic nitrogens is 2. The fraction of sp³-hybridized carbons (Fsp3) is 0.273. The first-order valence-corrected chi connectivity index (χ1v) is 7.02. The summed E-state index contributed by atoms with van der Waals surface area (Å²) in [6.07, 6.45) is 6.47. The van der Waals surface area contributed by atoms with Crippen LogP contribution in [0.5, 0.6) is 0 Å². The third-order valence-corrected chi connectivity index (χ3v) is 3.89. The lowest BCUT2D eigenvalue weighted by Gasteiger charge is -2.05. The summed E-state index contributed by atoms with van der Waals surface area (Å²) in [5, 5.41) is -0.131. The maximum absolute atomic E-state index is 11.8. The molecule has 7 heteroatoms. The average Bonchev–Trinajstić information content (AvgIpc) is 3.04. The summed E-state index contributed by atoms with van der Waals surface area (Å²) >= 11 is 0. The zero-order valence-electron chi connectivity index (χ0n) is 9.41. The van der Waals surface area contributed by atoms with Gasteiger partial charge in [-0.15, -0.1) is 0 Å². The highest BCUT2D eigenvalue weighted by atomic mass is 32.2. The van der Waals surface area contributed by atoms with E-state index in [1.807, 2.05) is 0 Å². The monoisotopic (exact) mass is 265 g/mol. The second-order valence-electron chi connectivity index (χ2n) is 4.14. The van der Waals surface area contributed by atoms with E-state index in [9.17, 15) is 8.42 Å². The van der Waals surface area contributed by atoms with Gasteiger partial charge < -0.3 is 4.42 Å². The Balaban J connectivity index is 1.79. The predicted octanol–water partition coefficient (Wildman–Crippen LogP) is 1.75. The summed E-state index contributed by atoms with van der Waals surface area (Å²) < 4.78 is 30.9. The summed E-state index contributed by atoms with van der Waals surface area (Å²) in [7, 11) is -3.68. The SMILES string of the molecule is O=S(=O)(Nc1cnc(C2CC2)nc1)c1ccco1. The van der Waals surface area contributed by atoms with E-state index in [4.69, 9.17) is 4.42 Å². The van der Waals surface area contributed by atoms with Crippen molar-refractivity contribution >= 4 is 15.7 Å². The number of rotatable bonds is 4. The number of nitrogens with one attached hydrogen (secondary N) is 1. The van der Waals surface area contributed by atoms with Gasteiger partial charge in [0.1, 0.15) is 5.82 Å². The molecular formula is C11H11N3O3S. The molecule has 18 heavy (non-hydrogen) atoms. The molecule has 2 heterocycles. The molecule has 1 aliphatic rings. The van der Waals surface area contributed by atoms with Crippen LogP contribution in [0.15, 0.2) is 40.3 Å². The molecule has 94 valence electrons. The second kappa shape index (κ2) is 4.09. The van der Waals surface area contributed by atoms with Crippen molar-refractivity contribution in [2.75, 3.05) is 4.72 Å². The predicted molar refractivity (Wildman–Crippen MR) is 63.5 cm³/mol. The third kappa shape index (κ3) is 2.21. The summed E-state index contributed by atoms with van der Waals surface area (Å²) in [6, 6.07) is 2.89. The standard InChI is InChI=1S/C11H11N3O3S/c15-18(16,10-2-1-5-17-10)14-9-6-12-11(13-7-9)8-3-4-8/h1-2,5-8,14H,3-4H2. The van der Waals surface area contributed by atoms with Crippen molar-refractivity contribution in [2.45, 2.75) is 23.9 Å². The number of hydrogen-bond donors (Lipinski definition) is 1. The van der Waals surface area contributed by atoms with Gasteiger partial charge in [-0.3, -0.25) is 4.72 Å². The lowest BCUT2D eigenvalue weighted by atomic mass is 10.4. The summed E-state index contributed by atoms with van der Waals surface area (Å²) in [5.41, 5.74) is 0.329. The van der Waals surface area contributed by atoms with Gasteiger partial charge in [-0.05, 0) is 25.0 Å². The Morgan fingerprint density at radius 1 is 1.28 bits per heavy atom. The molecule has 3 rings (SSSR count). The van der Waals surface area contributed by atoms with E-state index < -0.39 is 10.0 Å². The Kier molecular flexibility index (Phi) is 2.55. The Hall–Kier alpha value is -1.89. The highest BCUT2D eigenvalue weighted by Gasteiger charge is 2.26. The Morgan fingerprint density at radius 3 is 2.56 bits per heavy atom. The van der Waals surface area contributed by atoms with Crippen molar-refractivity contribution in [3.05, 3.63) is 36.6 Å². The molecule has 0 bridgehead atoms. The molecule has 2 aromatic rings. The quantitative estimate of drug-likeness (QED) is 0.910. The molecule has 0 spiro atoms. The molecule has 0 amide bonds. The molecule has 0 aromatic carbocycles. The van der Waals surface area contributed by atoms with Crippen LogP contribution in [0.4, 0.5) is 5.69 Å². The fourth-order valence-corrected chi connectivity index (χ4v) is 2.52. The molecule has 1 aliphatic carbocycles. The fourth-order valence-electron chi connectivity index (χ4n) is 1.56. The van der Waals surface area contributed by atoms with Gasteiger partial charge >= 0.3 is 0 Å². The molecule has 0 unspecified atom stereocenters. The molecule has 0 aliphatic heterocycles. The van der Waals surface area contributed by atoms with Crippen LogP contribution >= 0.6 is 0 Å². The first kappa shape index (κ1) is 11.2. The van der Waals surface area contributed by atoms with Gasteiger partial charge in [0, 0.05) is 5.92 Å². The van der Waals surface area contributed by atoms with Crippen LogP contribution in [-0.4, -0.2) is 18.4 Å². The molecule has 0 radical (unpaired) electrons. The summed E-state index contributed by atoms with van der Waals surface area (Å²) in [6.45, 7) is 0. The zero-order valence-corrected chi connectivity index (χ0v) is 10.2. The minimum absolute atomic E-state index is 0.131. The van der Waals surface area contributed by atoms with E-state index in [0.29, 0.717) is 11.6 Å². The molecule has 1 N–H and O–H groups in total. The average molecular weight is 265 g/mol. The van der Waals surface area contributed by atoms with Crippen LogP contribution in [0.25, 0.3) is 0 Å². The van der Waals surface area contributed by atoms with Gasteiger partial charge in [0.25, 0.3) is 10.0 Å². The maximum Gasteiger partial charge on any atom is 0.295 e. The second-order valence-corrected chi connectivity index (χ2v) is 5.76. The minimum Gasteiger partial charge on any atom is -0.451 e. The van der Waals surface area contributed by atoms with E-state index in [1.54, 1.807) is 0 Å². The van der Waals surface area contributed by atoms with E-state index in [2.05, 4.69) is 14.7 Å². The minimum atomic E-state index is -3.68. The molecule has 6 nitrogen and oxygen atoms in total. The van der Waals surface area contributed by atoms with Crippen LogP contribution in [0.2, 0.25) is 0 Å². The van der Waals surface area contributed by atoms with Gasteiger partial charge in [0.15, 0.2) is 0 Å². The van der Waals surface area contributed by atoms with Gasteiger partial charge in [-0.2, -0.15) is 8.42 Å². The molecule has 1 fully saturated rings. The van der Waals surface area contributed by atoms with E-state index in [-0.39, 0.29) is 5.09 Å². The first-order valence-electron chi connectivity index (χ1n) is 5.53. The lowest BCUT2D eigenvalue weighted by molar-refractivity contribution is 0.452.